The second kappa shape index (κ2) is 12.4. The van der Waals surface area contributed by atoms with E-state index in [2.05, 4.69) is 20.1 Å². The van der Waals surface area contributed by atoms with Crippen molar-refractivity contribution in [1.29, 1.82) is 0 Å². The monoisotopic (exact) mass is 634 g/mol. The number of hydrogen-bond acceptors (Lipinski definition) is 9. The summed E-state index contributed by atoms with van der Waals surface area (Å²) in [6.07, 6.45) is 1.69. The molecule has 3 aromatic rings. The van der Waals surface area contributed by atoms with Crippen molar-refractivity contribution in [3.63, 3.8) is 0 Å². The fraction of sp³-hybridized carbons (Fsp3) is 0.323. The molecule has 2 atom stereocenters. The Kier molecular flexibility index (Phi) is 8.43. The lowest BCUT2D eigenvalue weighted by atomic mass is 9.92. The van der Waals surface area contributed by atoms with E-state index >= 15 is 0 Å². The van der Waals surface area contributed by atoms with Crippen molar-refractivity contribution < 1.29 is 23.8 Å². The maximum absolute atomic E-state index is 14.8. The van der Waals surface area contributed by atoms with E-state index in [1.54, 1.807) is 56.4 Å². The van der Waals surface area contributed by atoms with Crippen LogP contribution in [0.4, 0.5) is 10.1 Å². The van der Waals surface area contributed by atoms with Gasteiger partial charge in [-0.2, -0.15) is 0 Å². The number of thiazole rings is 1. The van der Waals surface area contributed by atoms with E-state index in [4.69, 9.17) is 21.9 Å². The van der Waals surface area contributed by atoms with Gasteiger partial charge in [-0.1, -0.05) is 12.1 Å². The quantitative estimate of drug-likeness (QED) is 0.279. The third-order valence-electron chi connectivity index (χ3n) is 8.10. The number of aliphatic imine (C=N–C) groups is 1. The van der Waals surface area contributed by atoms with Crippen LogP contribution in [0.1, 0.15) is 39.5 Å². The Morgan fingerprint density at radius 1 is 1.18 bits per heavy atom. The number of carboxylic acids is 1. The van der Waals surface area contributed by atoms with Gasteiger partial charge in [0, 0.05) is 55.7 Å². The Morgan fingerprint density at radius 2 is 1.98 bits per heavy atom. The molecule has 0 radical (unpaired) electrons. The van der Waals surface area contributed by atoms with E-state index in [0.717, 1.165) is 5.69 Å². The van der Waals surface area contributed by atoms with Gasteiger partial charge in [-0.3, -0.25) is 9.89 Å². The van der Waals surface area contributed by atoms with Gasteiger partial charge in [0.15, 0.2) is 16.0 Å². The molecule has 2 N–H and O–H groups in total. The van der Waals surface area contributed by atoms with Crippen molar-refractivity contribution in [2.45, 2.75) is 25.9 Å². The van der Waals surface area contributed by atoms with E-state index < -0.39 is 18.0 Å². The predicted octanol–water partition coefficient (Wildman–Crippen LogP) is 3.99. The lowest BCUT2D eigenvalue weighted by Crippen LogP contribution is -2.53. The molecule has 2 saturated heterocycles. The van der Waals surface area contributed by atoms with Crippen LogP contribution in [-0.2, 0) is 9.53 Å². The molecule has 10 nitrogen and oxygen atoms in total. The standard InChI is InChI=1S/C31H31FN6O4S2/c1-3-42-30(41)25-24(34-27(28-33-11-14-44-28)35-26(25)22-5-4-6-23(32)18(22)2)17-36-12-13-37-21(15-36)16-38(31(37)43)20-9-7-19(8-10-20)29(39)40/h4-11,14,21,26H,3,12-13,15-17H2,1-2H3,(H,34,35)(H,39,40)/t21-,26-/m0/s1. The van der Waals surface area contributed by atoms with Gasteiger partial charge < -0.3 is 25.0 Å². The number of anilines is 1. The molecule has 0 aliphatic carbocycles. The average molecular weight is 635 g/mol. The summed E-state index contributed by atoms with van der Waals surface area (Å²) in [5.41, 5.74) is 3.09. The molecule has 1 aromatic heterocycles. The number of thiocarbonyl (C=S) groups is 1. The van der Waals surface area contributed by atoms with Crippen LogP contribution in [0.3, 0.4) is 0 Å². The van der Waals surface area contributed by atoms with Crippen molar-refractivity contribution in [2.75, 3.05) is 44.2 Å². The van der Waals surface area contributed by atoms with Crippen LogP contribution in [0.15, 0.2) is 70.3 Å². The molecule has 44 heavy (non-hydrogen) atoms. The third-order valence-corrected chi connectivity index (χ3v) is 9.34. The van der Waals surface area contributed by atoms with Crippen LogP contribution >= 0.6 is 23.6 Å². The maximum atomic E-state index is 14.8. The number of carbonyl (C=O) groups is 2. The van der Waals surface area contributed by atoms with Gasteiger partial charge in [0.1, 0.15) is 11.9 Å². The first-order valence-electron chi connectivity index (χ1n) is 14.3. The summed E-state index contributed by atoms with van der Waals surface area (Å²) in [5.74, 6) is -1.32. The molecule has 228 valence electrons. The highest BCUT2D eigenvalue weighted by molar-refractivity contribution is 7.80. The first-order chi connectivity index (χ1) is 21.2. The number of aromatic carboxylic acids is 1. The summed E-state index contributed by atoms with van der Waals surface area (Å²) in [4.78, 5) is 40.7. The molecule has 3 aliphatic heterocycles. The summed E-state index contributed by atoms with van der Waals surface area (Å²) in [7, 11) is 0. The normalized spacial score (nSPS) is 20.3. The molecule has 2 aromatic carbocycles. The molecule has 0 amide bonds. The van der Waals surface area contributed by atoms with Crippen LogP contribution in [-0.4, -0.2) is 88.1 Å². The highest BCUT2D eigenvalue weighted by Crippen LogP contribution is 2.36. The van der Waals surface area contributed by atoms with Gasteiger partial charge in [0.2, 0.25) is 0 Å². The van der Waals surface area contributed by atoms with Crippen LogP contribution in [0.25, 0.3) is 0 Å². The van der Waals surface area contributed by atoms with E-state index in [1.807, 2.05) is 10.3 Å². The minimum atomic E-state index is -0.973. The zero-order chi connectivity index (χ0) is 31.0. The lowest BCUT2D eigenvalue weighted by Gasteiger charge is -2.38. The second-order valence-corrected chi connectivity index (χ2v) is 12.0. The number of benzene rings is 2. The zero-order valence-corrected chi connectivity index (χ0v) is 25.8. The number of piperazine rings is 1. The number of aromatic nitrogens is 1. The molecule has 13 heteroatoms. The summed E-state index contributed by atoms with van der Waals surface area (Å²) in [5, 5.41) is 15.9. The number of amidine groups is 1. The van der Waals surface area contributed by atoms with Crippen LogP contribution in [0.2, 0.25) is 0 Å². The smallest absolute Gasteiger partial charge is 0.338 e. The molecule has 6 rings (SSSR count). The van der Waals surface area contributed by atoms with Crippen molar-refractivity contribution in [2.24, 2.45) is 4.99 Å². The molecule has 0 unspecified atom stereocenters. The molecule has 0 saturated carbocycles. The molecule has 3 aliphatic rings. The van der Waals surface area contributed by atoms with E-state index in [-0.39, 0.29) is 24.0 Å². The highest BCUT2D eigenvalue weighted by Gasteiger charge is 2.40. The largest absolute Gasteiger partial charge is 0.478 e. The minimum absolute atomic E-state index is 0.0963. The second-order valence-electron chi connectivity index (χ2n) is 10.7. The number of nitrogens with one attached hydrogen (secondary N) is 1. The molecule has 4 heterocycles. The Labute approximate surface area is 263 Å². The number of nitrogens with zero attached hydrogens (tertiary/aromatic N) is 5. The van der Waals surface area contributed by atoms with Gasteiger partial charge in [0.25, 0.3) is 0 Å². The molecule has 0 bridgehead atoms. The van der Waals surface area contributed by atoms with Gasteiger partial charge in [-0.15, -0.1) is 11.3 Å². The lowest BCUT2D eigenvalue weighted by molar-refractivity contribution is -0.139. The summed E-state index contributed by atoms with van der Waals surface area (Å²) in [6.45, 7) is 6.75. The maximum Gasteiger partial charge on any atom is 0.338 e. The Morgan fingerprint density at radius 3 is 2.68 bits per heavy atom. The number of rotatable bonds is 8. The highest BCUT2D eigenvalue weighted by atomic mass is 32.1. The van der Waals surface area contributed by atoms with E-state index in [0.29, 0.717) is 71.1 Å². The number of halogens is 1. The summed E-state index contributed by atoms with van der Waals surface area (Å²) >= 11 is 7.25. The van der Waals surface area contributed by atoms with Crippen LogP contribution in [0.5, 0.6) is 0 Å². The number of esters is 1. The van der Waals surface area contributed by atoms with Crippen LogP contribution in [0, 0.1) is 12.7 Å². The molecular weight excluding hydrogens is 604 g/mol. The number of ether oxygens (including phenoxy) is 1. The van der Waals surface area contributed by atoms with Crippen molar-refractivity contribution in [1.82, 2.24) is 20.1 Å². The van der Waals surface area contributed by atoms with Crippen molar-refractivity contribution in [3.8, 4) is 0 Å². The van der Waals surface area contributed by atoms with Crippen molar-refractivity contribution >= 4 is 52.1 Å². The summed E-state index contributed by atoms with van der Waals surface area (Å²) in [6, 6.07) is 10.9. The van der Waals surface area contributed by atoms with Gasteiger partial charge >= 0.3 is 11.9 Å². The first kappa shape index (κ1) is 29.9. The zero-order valence-electron chi connectivity index (χ0n) is 24.2. The average Bonchev–Trinajstić information content (AvgIpc) is 3.67. The summed E-state index contributed by atoms with van der Waals surface area (Å²) < 4.78 is 20.3. The Balaban J connectivity index is 1.30. The predicted molar refractivity (Wildman–Crippen MR) is 170 cm³/mol. The minimum Gasteiger partial charge on any atom is -0.478 e. The third kappa shape index (κ3) is 5.70. The van der Waals surface area contributed by atoms with Gasteiger partial charge in [0.05, 0.1) is 23.8 Å². The van der Waals surface area contributed by atoms with E-state index in [1.165, 1.54) is 17.4 Å². The number of carboxylic acid groups (broad SMARTS) is 1. The molecular formula is C31H31FN6O4S2. The fourth-order valence-corrected chi connectivity index (χ4v) is 6.91. The Hall–Kier alpha value is -4.20. The van der Waals surface area contributed by atoms with Gasteiger partial charge in [-0.25, -0.2) is 19.0 Å². The fourth-order valence-electron chi connectivity index (χ4n) is 5.90. The number of hydrogen-bond donors (Lipinski definition) is 2. The number of carbonyl (C=O) groups excluding carboxylic acids is 1. The molecule has 2 fully saturated rings. The number of fused-ring (bicyclic) bond motifs is 1. The SMILES string of the molecule is CCOC(=O)C1=C(CN2CCN3C(=S)N(c4ccc(C(=O)O)cc4)C[C@@H]3C2)NC(c2nccs2)=N[C@H]1c1cccc(F)c1C. The van der Waals surface area contributed by atoms with Crippen molar-refractivity contribution in [3.05, 3.63) is 92.8 Å². The van der Waals surface area contributed by atoms with E-state index in [9.17, 15) is 19.1 Å². The van der Waals surface area contributed by atoms with Gasteiger partial charge in [-0.05, 0) is 67.5 Å². The topological polar surface area (TPSA) is 111 Å². The first-order valence-corrected chi connectivity index (χ1v) is 15.6. The molecule has 0 spiro atoms. The Bertz CT molecular complexity index is 1660. The van der Waals surface area contributed by atoms with Crippen LogP contribution < -0.4 is 10.2 Å².